The van der Waals surface area contributed by atoms with Gasteiger partial charge < -0.3 is 19.2 Å². The number of fused-ring (bicyclic) bond motifs is 1. The minimum Gasteiger partial charge on any atom is -0.493 e. The van der Waals surface area contributed by atoms with Crippen molar-refractivity contribution in [3.8, 4) is 16.9 Å². The average Bonchev–Trinajstić information content (AvgIpc) is 3.20. The maximum atomic E-state index is 12.5. The molecule has 0 aliphatic rings. The first-order valence-electron chi connectivity index (χ1n) is 11.6. The molecule has 176 valence electrons. The SMILES string of the molecule is CCOc1c(/C(C)=C/C(=O)NCCCOC(C)C)cc2c(-c3ccc(C)cc3)coc2c1C. The van der Waals surface area contributed by atoms with Crippen molar-refractivity contribution in [2.24, 2.45) is 0 Å². The molecule has 1 N–H and O–H groups in total. The predicted molar refractivity (Wildman–Crippen MR) is 135 cm³/mol. The van der Waals surface area contributed by atoms with Crippen LogP contribution >= 0.6 is 0 Å². The molecule has 0 saturated heterocycles. The van der Waals surface area contributed by atoms with E-state index < -0.39 is 0 Å². The first-order chi connectivity index (χ1) is 15.8. The van der Waals surface area contributed by atoms with Crippen LogP contribution in [0.25, 0.3) is 27.7 Å². The zero-order valence-corrected chi connectivity index (χ0v) is 20.6. The third-order valence-electron chi connectivity index (χ3n) is 5.54. The highest BCUT2D eigenvalue weighted by Gasteiger charge is 2.19. The van der Waals surface area contributed by atoms with E-state index in [2.05, 4.69) is 42.6 Å². The van der Waals surface area contributed by atoms with Gasteiger partial charge in [-0.2, -0.15) is 0 Å². The van der Waals surface area contributed by atoms with Crippen molar-refractivity contribution in [1.82, 2.24) is 5.32 Å². The number of furan rings is 1. The minimum absolute atomic E-state index is 0.122. The standard InChI is InChI=1S/C28H35NO4/c1-7-31-27-21(6)28-24(25(17-33-28)22-11-9-19(4)10-12-22)16-23(27)20(5)15-26(30)29-13-8-14-32-18(2)3/h9-12,15-18H,7-8,13-14H2,1-6H3,(H,29,30)/b20-15+. The van der Waals surface area contributed by atoms with Gasteiger partial charge in [0.2, 0.25) is 5.91 Å². The number of carbonyl (C=O) groups excluding carboxylic acids is 1. The molecule has 1 amide bonds. The highest BCUT2D eigenvalue weighted by molar-refractivity contribution is 6.01. The molecule has 2 aromatic carbocycles. The molecule has 0 aliphatic heterocycles. The summed E-state index contributed by atoms with van der Waals surface area (Å²) in [5.41, 5.74) is 6.81. The lowest BCUT2D eigenvalue weighted by molar-refractivity contribution is -0.116. The number of hydrogen-bond acceptors (Lipinski definition) is 4. The molecule has 0 atom stereocenters. The largest absolute Gasteiger partial charge is 0.493 e. The third kappa shape index (κ3) is 6.05. The summed E-state index contributed by atoms with van der Waals surface area (Å²) in [5.74, 6) is 0.630. The van der Waals surface area contributed by atoms with Crippen molar-refractivity contribution in [2.75, 3.05) is 19.8 Å². The lowest BCUT2D eigenvalue weighted by atomic mass is 9.96. The quantitative estimate of drug-likeness (QED) is 0.285. The van der Waals surface area contributed by atoms with Crippen molar-refractivity contribution in [3.63, 3.8) is 0 Å². The summed E-state index contributed by atoms with van der Waals surface area (Å²) in [7, 11) is 0. The fourth-order valence-corrected chi connectivity index (χ4v) is 3.82. The topological polar surface area (TPSA) is 60.7 Å². The van der Waals surface area contributed by atoms with Crippen LogP contribution in [0.4, 0.5) is 0 Å². The number of nitrogens with one attached hydrogen (secondary N) is 1. The van der Waals surface area contributed by atoms with Crippen LogP contribution in [-0.2, 0) is 9.53 Å². The molecule has 1 aromatic heterocycles. The van der Waals surface area contributed by atoms with E-state index in [0.717, 1.165) is 51.0 Å². The molecule has 0 fully saturated rings. The van der Waals surface area contributed by atoms with E-state index in [4.69, 9.17) is 13.9 Å². The maximum absolute atomic E-state index is 12.5. The van der Waals surface area contributed by atoms with Gasteiger partial charge >= 0.3 is 0 Å². The molecular formula is C28H35NO4. The van der Waals surface area contributed by atoms with Gasteiger partial charge in [-0.3, -0.25) is 4.79 Å². The molecule has 5 heteroatoms. The smallest absolute Gasteiger partial charge is 0.244 e. The van der Waals surface area contributed by atoms with Crippen molar-refractivity contribution in [1.29, 1.82) is 0 Å². The fraction of sp³-hybridized carbons (Fsp3) is 0.393. The predicted octanol–water partition coefficient (Wildman–Crippen LogP) is 6.45. The summed E-state index contributed by atoms with van der Waals surface area (Å²) in [4.78, 5) is 12.5. The van der Waals surface area contributed by atoms with Gasteiger partial charge in [-0.25, -0.2) is 0 Å². The van der Waals surface area contributed by atoms with Crippen LogP contribution in [0.1, 0.15) is 50.8 Å². The summed E-state index contributed by atoms with van der Waals surface area (Å²) in [6.07, 6.45) is 4.41. The Bertz CT molecular complexity index is 1120. The maximum Gasteiger partial charge on any atom is 0.244 e. The Morgan fingerprint density at radius 3 is 2.58 bits per heavy atom. The number of amides is 1. The number of allylic oxidation sites excluding steroid dienone is 1. The van der Waals surface area contributed by atoms with E-state index in [-0.39, 0.29) is 12.0 Å². The number of hydrogen-bond donors (Lipinski definition) is 1. The molecule has 3 aromatic rings. The molecule has 0 bridgehead atoms. The monoisotopic (exact) mass is 449 g/mol. The van der Waals surface area contributed by atoms with E-state index in [1.807, 2.05) is 34.6 Å². The lowest BCUT2D eigenvalue weighted by Crippen LogP contribution is -2.23. The number of aryl methyl sites for hydroxylation is 2. The summed E-state index contributed by atoms with van der Waals surface area (Å²) in [5, 5.41) is 3.95. The molecule has 3 rings (SSSR count). The Morgan fingerprint density at radius 1 is 1.18 bits per heavy atom. The van der Waals surface area contributed by atoms with Gasteiger partial charge in [0.1, 0.15) is 11.3 Å². The van der Waals surface area contributed by atoms with Gasteiger partial charge in [-0.05, 0) is 65.2 Å². The Morgan fingerprint density at radius 2 is 1.91 bits per heavy atom. The number of ether oxygens (including phenoxy) is 2. The molecule has 0 unspecified atom stereocenters. The van der Waals surface area contributed by atoms with Crippen molar-refractivity contribution in [3.05, 3.63) is 59.4 Å². The molecule has 0 spiro atoms. The van der Waals surface area contributed by atoms with E-state index in [1.54, 1.807) is 12.3 Å². The molecule has 5 nitrogen and oxygen atoms in total. The first-order valence-corrected chi connectivity index (χ1v) is 11.6. The van der Waals surface area contributed by atoms with Gasteiger partial charge in [0.05, 0.1) is 19.0 Å². The van der Waals surface area contributed by atoms with Gasteiger partial charge in [0.15, 0.2) is 0 Å². The normalized spacial score (nSPS) is 11.9. The minimum atomic E-state index is -0.122. The molecule has 0 radical (unpaired) electrons. The van der Waals surface area contributed by atoms with Crippen LogP contribution in [0.5, 0.6) is 5.75 Å². The number of benzene rings is 2. The molecule has 33 heavy (non-hydrogen) atoms. The van der Waals surface area contributed by atoms with Crippen molar-refractivity contribution < 1.29 is 18.7 Å². The number of rotatable bonds is 10. The van der Waals surface area contributed by atoms with Crippen molar-refractivity contribution in [2.45, 2.75) is 54.1 Å². The Hall–Kier alpha value is -3.05. The third-order valence-corrected chi connectivity index (χ3v) is 5.54. The Labute approximate surface area is 196 Å². The zero-order valence-electron chi connectivity index (χ0n) is 20.6. The summed E-state index contributed by atoms with van der Waals surface area (Å²) in [6.45, 7) is 13.7. The summed E-state index contributed by atoms with van der Waals surface area (Å²) in [6, 6.07) is 10.5. The summed E-state index contributed by atoms with van der Waals surface area (Å²) < 4.78 is 17.5. The van der Waals surface area contributed by atoms with E-state index in [1.165, 1.54) is 5.56 Å². The fourth-order valence-electron chi connectivity index (χ4n) is 3.82. The Balaban J connectivity index is 1.92. The highest BCUT2D eigenvalue weighted by atomic mass is 16.5. The van der Waals surface area contributed by atoms with Gasteiger partial charge in [0, 0.05) is 41.3 Å². The number of carbonyl (C=O) groups is 1. The van der Waals surface area contributed by atoms with Crippen LogP contribution in [-0.4, -0.2) is 31.8 Å². The van der Waals surface area contributed by atoms with Gasteiger partial charge in [0.25, 0.3) is 0 Å². The Kier molecular flexibility index (Phi) is 8.34. The van der Waals surface area contributed by atoms with Crippen LogP contribution in [0.2, 0.25) is 0 Å². The second-order valence-electron chi connectivity index (χ2n) is 8.59. The van der Waals surface area contributed by atoms with Gasteiger partial charge in [-0.15, -0.1) is 0 Å². The lowest BCUT2D eigenvalue weighted by Gasteiger charge is -2.15. The van der Waals surface area contributed by atoms with Crippen molar-refractivity contribution >= 4 is 22.4 Å². The second-order valence-corrected chi connectivity index (χ2v) is 8.59. The van der Waals surface area contributed by atoms with Crippen LogP contribution < -0.4 is 10.1 Å². The van der Waals surface area contributed by atoms with E-state index in [9.17, 15) is 4.79 Å². The van der Waals surface area contributed by atoms with E-state index >= 15 is 0 Å². The van der Waals surface area contributed by atoms with Crippen LogP contribution in [0.15, 0.2) is 47.1 Å². The molecule has 1 heterocycles. The highest BCUT2D eigenvalue weighted by Crippen LogP contribution is 2.40. The zero-order chi connectivity index (χ0) is 24.0. The van der Waals surface area contributed by atoms with Crippen LogP contribution in [0.3, 0.4) is 0 Å². The molecular weight excluding hydrogens is 414 g/mol. The van der Waals surface area contributed by atoms with E-state index in [0.29, 0.717) is 19.8 Å². The summed E-state index contributed by atoms with van der Waals surface area (Å²) >= 11 is 0. The first kappa shape index (κ1) is 24.6. The molecule has 0 saturated carbocycles. The second kappa shape index (κ2) is 11.2. The average molecular weight is 450 g/mol. The van der Waals surface area contributed by atoms with Gasteiger partial charge in [-0.1, -0.05) is 29.8 Å². The molecule has 0 aliphatic carbocycles. The van der Waals surface area contributed by atoms with Crippen LogP contribution in [0, 0.1) is 13.8 Å².